The highest BCUT2D eigenvalue weighted by Gasteiger charge is 2.25. The zero-order valence-electron chi connectivity index (χ0n) is 12.1. The number of nitrogens with one attached hydrogen (secondary N) is 1. The zero-order valence-corrected chi connectivity index (χ0v) is 13.7. The average Bonchev–Trinajstić information content (AvgIpc) is 3.02. The summed E-state index contributed by atoms with van der Waals surface area (Å²) >= 11 is 1.00. The molecule has 1 aromatic heterocycles. The molecule has 0 spiro atoms. The van der Waals surface area contributed by atoms with Gasteiger partial charge >= 0.3 is 0 Å². The van der Waals surface area contributed by atoms with Crippen LogP contribution in [0.1, 0.15) is 0 Å². The molecule has 2 aromatic carbocycles. The molecular weight excluding hydrogens is 349 g/mol. The van der Waals surface area contributed by atoms with Gasteiger partial charge in [0.2, 0.25) is 14.2 Å². The fraction of sp³-hybridized carbons (Fsp3) is 0. The number of nitrogens with zero attached hydrogens (tertiary/aromatic N) is 2. The molecule has 0 radical (unpaired) electrons. The number of fused-ring (bicyclic) bond motifs is 1. The van der Waals surface area contributed by atoms with Crippen LogP contribution in [0.25, 0.3) is 10.2 Å². The molecule has 3 aromatic rings. The van der Waals surface area contributed by atoms with Crippen molar-refractivity contribution in [1.29, 1.82) is 5.26 Å². The van der Waals surface area contributed by atoms with E-state index >= 15 is 0 Å². The molecule has 0 amide bonds. The molecular formula is C16H10FN3O2S2. The van der Waals surface area contributed by atoms with Crippen LogP contribution >= 0.6 is 11.3 Å². The monoisotopic (exact) mass is 359 g/mol. The van der Waals surface area contributed by atoms with Crippen molar-refractivity contribution in [2.24, 2.45) is 0 Å². The normalized spacial score (nSPS) is 12.1. The van der Waals surface area contributed by atoms with Crippen molar-refractivity contribution in [2.45, 2.75) is 4.34 Å². The molecule has 1 N–H and O–H groups in total. The largest absolute Gasteiger partial charge is 0.360 e. The number of nitriles is 1. The zero-order chi connectivity index (χ0) is 17.2. The van der Waals surface area contributed by atoms with Crippen molar-refractivity contribution in [3.05, 3.63) is 65.5 Å². The van der Waals surface area contributed by atoms with Gasteiger partial charge in [-0.2, -0.15) is 5.26 Å². The van der Waals surface area contributed by atoms with Crippen LogP contribution in [0.3, 0.4) is 0 Å². The smallest absolute Gasteiger partial charge is 0.245 e. The first-order valence-corrected chi connectivity index (χ1v) is 9.04. The van der Waals surface area contributed by atoms with E-state index in [4.69, 9.17) is 0 Å². The summed E-state index contributed by atoms with van der Waals surface area (Å²) in [5.74, 6) is -0.410. The van der Waals surface area contributed by atoms with Crippen LogP contribution in [0.2, 0.25) is 0 Å². The lowest BCUT2D eigenvalue weighted by atomic mass is 10.3. The molecule has 0 bridgehead atoms. The Bertz CT molecular complexity index is 1030. The van der Waals surface area contributed by atoms with E-state index in [0.717, 1.165) is 22.2 Å². The number of benzene rings is 2. The summed E-state index contributed by atoms with van der Waals surface area (Å²) in [5, 5.41) is 11.9. The first-order valence-electron chi connectivity index (χ1n) is 6.74. The minimum absolute atomic E-state index is 0.141. The Kier molecular flexibility index (Phi) is 4.29. The molecule has 0 aliphatic rings. The van der Waals surface area contributed by atoms with Crippen molar-refractivity contribution >= 4 is 37.1 Å². The summed E-state index contributed by atoms with van der Waals surface area (Å²) in [7, 11) is -4.02. The molecule has 0 unspecified atom stereocenters. The second kappa shape index (κ2) is 6.39. The third-order valence-corrected chi connectivity index (χ3v) is 6.20. The van der Waals surface area contributed by atoms with Gasteiger partial charge in [0.15, 0.2) is 4.91 Å². The summed E-state index contributed by atoms with van der Waals surface area (Å²) in [4.78, 5) is 3.61. The van der Waals surface area contributed by atoms with Crippen LogP contribution in [0, 0.1) is 17.1 Å². The van der Waals surface area contributed by atoms with E-state index in [-0.39, 0.29) is 4.34 Å². The van der Waals surface area contributed by atoms with Crippen molar-refractivity contribution < 1.29 is 12.8 Å². The topological polar surface area (TPSA) is 82.9 Å². The van der Waals surface area contributed by atoms with Crippen LogP contribution in [0.4, 0.5) is 10.1 Å². The average molecular weight is 359 g/mol. The van der Waals surface area contributed by atoms with Crippen molar-refractivity contribution in [1.82, 2.24) is 4.98 Å². The minimum atomic E-state index is -4.02. The Morgan fingerprint density at radius 3 is 2.58 bits per heavy atom. The van der Waals surface area contributed by atoms with Gasteiger partial charge in [0.1, 0.15) is 11.9 Å². The quantitative estimate of drug-likeness (QED) is 0.719. The first kappa shape index (κ1) is 16.1. The molecule has 3 rings (SSSR count). The lowest BCUT2D eigenvalue weighted by Crippen LogP contribution is -2.05. The number of rotatable bonds is 4. The molecule has 5 nitrogen and oxygen atoms in total. The molecule has 24 heavy (non-hydrogen) atoms. The Labute approximate surface area is 141 Å². The van der Waals surface area contributed by atoms with Gasteiger partial charge in [0, 0.05) is 11.9 Å². The fourth-order valence-corrected chi connectivity index (χ4v) is 4.34. The van der Waals surface area contributed by atoms with Gasteiger partial charge < -0.3 is 5.32 Å². The number of hydrogen-bond donors (Lipinski definition) is 1. The van der Waals surface area contributed by atoms with E-state index in [1.54, 1.807) is 30.3 Å². The SMILES string of the molecule is N#CC(=CNc1ccc(F)cc1)S(=O)(=O)c1nc2ccccc2s1. The lowest BCUT2D eigenvalue weighted by molar-refractivity contribution is 0.602. The van der Waals surface area contributed by atoms with Gasteiger partial charge in [-0.1, -0.05) is 12.1 Å². The number of anilines is 1. The predicted molar refractivity (Wildman–Crippen MR) is 90.5 cm³/mol. The van der Waals surface area contributed by atoms with Crippen molar-refractivity contribution in [2.75, 3.05) is 5.32 Å². The second-order valence-corrected chi connectivity index (χ2v) is 7.85. The van der Waals surface area contributed by atoms with Crippen LogP contribution in [0.15, 0.2) is 64.0 Å². The number of halogens is 1. The van der Waals surface area contributed by atoms with Gasteiger partial charge in [-0.05, 0) is 36.4 Å². The van der Waals surface area contributed by atoms with Gasteiger partial charge in [0.25, 0.3) is 0 Å². The number of sulfone groups is 1. The van der Waals surface area contributed by atoms with Crippen LogP contribution < -0.4 is 5.32 Å². The molecule has 0 atom stereocenters. The first-order chi connectivity index (χ1) is 11.5. The number of hydrogen-bond acceptors (Lipinski definition) is 6. The molecule has 1 heterocycles. The third kappa shape index (κ3) is 3.13. The maximum atomic E-state index is 12.9. The standard InChI is InChI=1S/C16H10FN3O2S2/c17-11-5-7-12(8-6-11)19-10-13(9-18)24(21,22)16-20-14-3-1-2-4-15(14)23-16/h1-8,10,19H. The Morgan fingerprint density at radius 1 is 1.21 bits per heavy atom. The second-order valence-electron chi connectivity index (χ2n) is 4.72. The maximum Gasteiger partial charge on any atom is 0.245 e. The Balaban J connectivity index is 1.95. The van der Waals surface area contributed by atoms with Crippen LogP contribution in [-0.4, -0.2) is 13.4 Å². The highest BCUT2D eigenvalue weighted by atomic mass is 32.2. The van der Waals surface area contributed by atoms with Crippen LogP contribution in [0.5, 0.6) is 0 Å². The summed E-state index contributed by atoms with van der Waals surface area (Å²) in [6, 6.07) is 14.0. The number of aromatic nitrogens is 1. The number of allylic oxidation sites excluding steroid dienone is 1. The maximum absolute atomic E-state index is 12.9. The van der Waals surface area contributed by atoms with Crippen molar-refractivity contribution in [3.63, 3.8) is 0 Å². The van der Waals surface area contributed by atoms with E-state index in [9.17, 15) is 18.1 Å². The van der Waals surface area contributed by atoms with Gasteiger partial charge in [-0.25, -0.2) is 17.8 Å². The number of thiazole rings is 1. The molecule has 120 valence electrons. The summed E-state index contributed by atoms with van der Waals surface area (Å²) in [6.07, 6.45) is 1.08. The van der Waals surface area contributed by atoms with Gasteiger partial charge in [-0.3, -0.25) is 0 Å². The molecule has 0 saturated heterocycles. The summed E-state index contributed by atoms with van der Waals surface area (Å²) in [5.41, 5.74) is 1.02. The van der Waals surface area contributed by atoms with Crippen LogP contribution in [-0.2, 0) is 9.84 Å². The predicted octanol–water partition coefficient (Wildman–Crippen LogP) is 3.69. The third-order valence-electron chi connectivity index (χ3n) is 3.12. The minimum Gasteiger partial charge on any atom is -0.360 e. The molecule has 0 aliphatic carbocycles. The van der Waals surface area contributed by atoms with E-state index in [1.165, 1.54) is 24.3 Å². The Hall–Kier alpha value is -2.76. The Morgan fingerprint density at radius 2 is 1.92 bits per heavy atom. The molecule has 0 fully saturated rings. The molecule has 0 saturated carbocycles. The van der Waals surface area contributed by atoms with Crippen molar-refractivity contribution in [3.8, 4) is 6.07 Å². The van der Waals surface area contributed by atoms with E-state index in [1.807, 2.05) is 0 Å². The van der Waals surface area contributed by atoms with Gasteiger partial charge in [-0.15, -0.1) is 11.3 Å². The van der Waals surface area contributed by atoms with E-state index in [0.29, 0.717) is 11.2 Å². The number of para-hydroxylation sites is 1. The summed E-state index contributed by atoms with van der Waals surface area (Å²) in [6.45, 7) is 0. The highest BCUT2D eigenvalue weighted by molar-refractivity contribution is 7.97. The molecule has 0 aliphatic heterocycles. The fourth-order valence-electron chi connectivity index (χ4n) is 1.93. The summed E-state index contributed by atoms with van der Waals surface area (Å²) < 4.78 is 38.6. The van der Waals surface area contributed by atoms with E-state index < -0.39 is 20.6 Å². The van der Waals surface area contributed by atoms with E-state index in [2.05, 4.69) is 10.3 Å². The van der Waals surface area contributed by atoms with Gasteiger partial charge in [0.05, 0.1) is 10.2 Å². The lowest BCUT2D eigenvalue weighted by Gasteiger charge is -2.02. The highest BCUT2D eigenvalue weighted by Crippen LogP contribution is 2.28. The molecule has 8 heteroatoms.